The van der Waals surface area contributed by atoms with Gasteiger partial charge in [0.2, 0.25) is 5.82 Å². The van der Waals surface area contributed by atoms with E-state index in [1.807, 2.05) is 0 Å². The number of anilines is 2. The lowest BCUT2D eigenvalue weighted by atomic mass is 9.98. The molecule has 1 aromatic heterocycles. The van der Waals surface area contributed by atoms with Crippen molar-refractivity contribution in [1.82, 2.24) is 4.98 Å². The largest absolute Gasteiger partial charge is 0.378 e. The number of nitro groups is 1. The highest BCUT2D eigenvalue weighted by molar-refractivity contribution is 5.57. The summed E-state index contributed by atoms with van der Waals surface area (Å²) in [6.45, 7) is 7.18. The molecule has 1 heterocycles. The molecule has 94 valence electrons. The van der Waals surface area contributed by atoms with E-state index in [9.17, 15) is 10.1 Å². The summed E-state index contributed by atoms with van der Waals surface area (Å²) in [6, 6.07) is 2.94. The Labute approximate surface area is 100 Å². The van der Waals surface area contributed by atoms with Crippen LogP contribution in [0.2, 0.25) is 0 Å². The Morgan fingerprint density at radius 1 is 1.47 bits per heavy atom. The van der Waals surface area contributed by atoms with Gasteiger partial charge in [-0.3, -0.25) is 10.1 Å². The van der Waals surface area contributed by atoms with Crippen LogP contribution >= 0.6 is 0 Å². The van der Waals surface area contributed by atoms with Crippen LogP contribution in [0.15, 0.2) is 12.1 Å². The first kappa shape index (κ1) is 13.2. The molecule has 0 radical (unpaired) electrons. The normalized spacial score (nSPS) is 12.5. The molecule has 1 atom stereocenters. The van der Waals surface area contributed by atoms with Crippen molar-refractivity contribution < 1.29 is 4.92 Å². The minimum absolute atomic E-state index is 0.0581. The SMILES string of the molecule is CC(C)C(C)CNc1ccc([N+](=O)[O-])c(N)n1. The second-order valence-corrected chi connectivity index (χ2v) is 4.46. The fourth-order valence-corrected chi connectivity index (χ4v) is 1.22. The quantitative estimate of drug-likeness (QED) is 0.606. The first-order chi connectivity index (χ1) is 7.91. The topological polar surface area (TPSA) is 94.1 Å². The number of aromatic nitrogens is 1. The number of nitrogens with one attached hydrogen (secondary N) is 1. The fourth-order valence-electron chi connectivity index (χ4n) is 1.22. The molecule has 0 aliphatic rings. The molecule has 17 heavy (non-hydrogen) atoms. The third-order valence-electron chi connectivity index (χ3n) is 2.84. The molecule has 3 N–H and O–H groups in total. The van der Waals surface area contributed by atoms with Crippen molar-refractivity contribution in [2.24, 2.45) is 11.8 Å². The summed E-state index contributed by atoms with van der Waals surface area (Å²) in [5, 5.41) is 13.7. The molecule has 1 unspecified atom stereocenters. The van der Waals surface area contributed by atoms with Gasteiger partial charge in [-0.05, 0) is 17.9 Å². The summed E-state index contributed by atoms with van der Waals surface area (Å²) in [7, 11) is 0. The molecule has 0 amide bonds. The van der Waals surface area contributed by atoms with Gasteiger partial charge in [-0.2, -0.15) is 0 Å². The number of pyridine rings is 1. The van der Waals surface area contributed by atoms with Gasteiger partial charge < -0.3 is 11.1 Å². The Morgan fingerprint density at radius 2 is 2.12 bits per heavy atom. The Hall–Kier alpha value is -1.85. The smallest absolute Gasteiger partial charge is 0.311 e. The van der Waals surface area contributed by atoms with Gasteiger partial charge in [0, 0.05) is 12.6 Å². The predicted octanol–water partition coefficient (Wildman–Crippen LogP) is 2.28. The van der Waals surface area contributed by atoms with Gasteiger partial charge in [-0.1, -0.05) is 20.8 Å². The zero-order chi connectivity index (χ0) is 13.0. The van der Waals surface area contributed by atoms with Crippen LogP contribution in [0.3, 0.4) is 0 Å². The third-order valence-corrected chi connectivity index (χ3v) is 2.84. The molecule has 0 fully saturated rings. The van der Waals surface area contributed by atoms with Gasteiger partial charge in [0.1, 0.15) is 5.82 Å². The molecule has 0 aromatic carbocycles. The second kappa shape index (κ2) is 5.47. The average molecular weight is 238 g/mol. The second-order valence-electron chi connectivity index (χ2n) is 4.46. The van der Waals surface area contributed by atoms with E-state index in [1.54, 1.807) is 6.07 Å². The van der Waals surface area contributed by atoms with E-state index < -0.39 is 4.92 Å². The first-order valence-electron chi connectivity index (χ1n) is 5.56. The van der Waals surface area contributed by atoms with Crippen molar-refractivity contribution in [2.45, 2.75) is 20.8 Å². The number of nitrogens with zero attached hydrogens (tertiary/aromatic N) is 2. The summed E-state index contributed by atoms with van der Waals surface area (Å²) in [4.78, 5) is 14.0. The molecule has 0 aliphatic heterocycles. The van der Waals surface area contributed by atoms with Crippen LogP contribution in [0.4, 0.5) is 17.3 Å². The van der Waals surface area contributed by atoms with E-state index in [2.05, 4.69) is 31.1 Å². The lowest BCUT2D eigenvalue weighted by molar-refractivity contribution is -0.384. The summed E-state index contributed by atoms with van der Waals surface area (Å²) in [5.74, 6) is 1.57. The maximum absolute atomic E-state index is 10.6. The zero-order valence-electron chi connectivity index (χ0n) is 10.3. The number of hydrogen-bond acceptors (Lipinski definition) is 5. The van der Waals surface area contributed by atoms with Gasteiger partial charge >= 0.3 is 5.69 Å². The fraction of sp³-hybridized carbons (Fsp3) is 0.545. The van der Waals surface area contributed by atoms with Gasteiger partial charge in [0.25, 0.3) is 0 Å². The van der Waals surface area contributed by atoms with Crippen LogP contribution in [-0.2, 0) is 0 Å². The molecular formula is C11H18N4O2. The van der Waals surface area contributed by atoms with Crippen molar-refractivity contribution >= 4 is 17.3 Å². The molecule has 0 spiro atoms. The van der Waals surface area contributed by atoms with Crippen LogP contribution in [-0.4, -0.2) is 16.5 Å². The maximum atomic E-state index is 10.6. The molecule has 6 nitrogen and oxygen atoms in total. The lowest BCUT2D eigenvalue weighted by Crippen LogP contribution is -2.17. The van der Waals surface area contributed by atoms with E-state index in [-0.39, 0.29) is 11.5 Å². The first-order valence-corrected chi connectivity index (χ1v) is 5.56. The lowest BCUT2D eigenvalue weighted by Gasteiger charge is -2.16. The molecule has 1 aromatic rings. The highest BCUT2D eigenvalue weighted by Gasteiger charge is 2.13. The number of nitrogen functional groups attached to an aromatic ring is 1. The van der Waals surface area contributed by atoms with Crippen molar-refractivity contribution in [2.75, 3.05) is 17.6 Å². The van der Waals surface area contributed by atoms with Crippen molar-refractivity contribution in [3.05, 3.63) is 22.2 Å². The summed E-state index contributed by atoms with van der Waals surface area (Å²) >= 11 is 0. The average Bonchev–Trinajstić information content (AvgIpc) is 2.25. The molecule has 6 heteroatoms. The highest BCUT2D eigenvalue weighted by atomic mass is 16.6. The van der Waals surface area contributed by atoms with Gasteiger partial charge in [-0.25, -0.2) is 4.98 Å². The standard InChI is InChI=1S/C11H18N4O2/c1-7(2)8(3)6-13-10-5-4-9(15(16)17)11(12)14-10/h4-5,7-8H,6H2,1-3H3,(H3,12,13,14). The maximum Gasteiger partial charge on any atom is 0.311 e. The number of hydrogen-bond donors (Lipinski definition) is 2. The number of rotatable bonds is 5. The Bertz CT molecular complexity index is 406. The number of nitrogens with two attached hydrogens (primary N) is 1. The molecule has 0 bridgehead atoms. The van der Waals surface area contributed by atoms with Crippen LogP contribution in [0, 0.1) is 22.0 Å². The van der Waals surface area contributed by atoms with E-state index in [0.29, 0.717) is 17.7 Å². The Kier molecular flexibility index (Phi) is 4.25. The zero-order valence-corrected chi connectivity index (χ0v) is 10.3. The van der Waals surface area contributed by atoms with Crippen LogP contribution in [0.1, 0.15) is 20.8 Å². The highest BCUT2D eigenvalue weighted by Crippen LogP contribution is 2.21. The van der Waals surface area contributed by atoms with Crippen molar-refractivity contribution in [3.63, 3.8) is 0 Å². The van der Waals surface area contributed by atoms with Crippen molar-refractivity contribution in [1.29, 1.82) is 0 Å². The van der Waals surface area contributed by atoms with Gasteiger partial charge in [0.05, 0.1) is 4.92 Å². The van der Waals surface area contributed by atoms with Crippen LogP contribution in [0.5, 0.6) is 0 Å². The van der Waals surface area contributed by atoms with Crippen molar-refractivity contribution in [3.8, 4) is 0 Å². The van der Waals surface area contributed by atoms with Crippen LogP contribution < -0.4 is 11.1 Å². The van der Waals surface area contributed by atoms with Gasteiger partial charge in [-0.15, -0.1) is 0 Å². The Morgan fingerprint density at radius 3 is 2.59 bits per heavy atom. The van der Waals surface area contributed by atoms with E-state index in [1.165, 1.54) is 6.07 Å². The third kappa shape index (κ3) is 3.58. The molecule has 1 rings (SSSR count). The molecular weight excluding hydrogens is 220 g/mol. The van der Waals surface area contributed by atoms with E-state index in [0.717, 1.165) is 6.54 Å². The van der Waals surface area contributed by atoms with E-state index >= 15 is 0 Å². The minimum atomic E-state index is -0.539. The summed E-state index contributed by atoms with van der Waals surface area (Å²) in [5.41, 5.74) is 5.34. The van der Waals surface area contributed by atoms with Gasteiger partial charge in [0.15, 0.2) is 0 Å². The monoisotopic (exact) mass is 238 g/mol. The van der Waals surface area contributed by atoms with Crippen LogP contribution in [0.25, 0.3) is 0 Å². The summed E-state index contributed by atoms with van der Waals surface area (Å²) < 4.78 is 0. The summed E-state index contributed by atoms with van der Waals surface area (Å²) in [6.07, 6.45) is 0. The van der Waals surface area contributed by atoms with E-state index in [4.69, 9.17) is 5.73 Å². The Balaban J connectivity index is 2.68. The predicted molar refractivity (Wildman–Crippen MR) is 67.8 cm³/mol. The molecule has 0 saturated heterocycles. The minimum Gasteiger partial charge on any atom is -0.378 e. The molecule has 0 aliphatic carbocycles. The molecule has 0 saturated carbocycles.